The van der Waals surface area contributed by atoms with Crippen molar-refractivity contribution in [3.63, 3.8) is 0 Å². The number of anilines is 1. The zero-order valence-corrected chi connectivity index (χ0v) is 16.8. The summed E-state index contributed by atoms with van der Waals surface area (Å²) in [6.45, 7) is 0.290. The van der Waals surface area contributed by atoms with Crippen molar-refractivity contribution in [1.82, 2.24) is 10.3 Å². The molecule has 6 nitrogen and oxygen atoms in total. The standard InChI is InChI=1S/C23H19N3O3S/c27-23(25-16-17-6-5-13-24-15-17)21-9-3-4-10-22(21)26-30(28,29)20-12-11-18-7-1-2-8-19(18)14-20/h1-15,26H,16H2,(H,25,27). The third kappa shape index (κ3) is 4.31. The molecule has 0 atom stereocenters. The Labute approximate surface area is 174 Å². The summed E-state index contributed by atoms with van der Waals surface area (Å²) >= 11 is 0. The van der Waals surface area contributed by atoms with Crippen LogP contribution in [0, 0.1) is 0 Å². The van der Waals surface area contributed by atoms with E-state index in [-0.39, 0.29) is 22.1 Å². The molecule has 0 fully saturated rings. The highest BCUT2D eigenvalue weighted by molar-refractivity contribution is 7.92. The van der Waals surface area contributed by atoms with Crippen molar-refractivity contribution in [3.05, 3.63) is 102 Å². The number of nitrogens with zero attached hydrogens (tertiary/aromatic N) is 1. The largest absolute Gasteiger partial charge is 0.348 e. The number of hydrogen-bond acceptors (Lipinski definition) is 4. The van der Waals surface area contributed by atoms with Crippen LogP contribution in [-0.2, 0) is 16.6 Å². The molecule has 30 heavy (non-hydrogen) atoms. The third-order valence-corrected chi connectivity index (χ3v) is 5.99. The molecule has 0 saturated carbocycles. The van der Waals surface area contributed by atoms with E-state index in [1.54, 1.807) is 60.9 Å². The molecule has 0 spiro atoms. The molecule has 1 amide bonds. The second-order valence-electron chi connectivity index (χ2n) is 6.70. The molecule has 7 heteroatoms. The van der Waals surface area contributed by atoms with Gasteiger partial charge >= 0.3 is 0 Å². The Bertz CT molecular complexity index is 1310. The monoisotopic (exact) mass is 417 g/mol. The molecule has 4 aromatic rings. The van der Waals surface area contributed by atoms with Crippen molar-refractivity contribution in [3.8, 4) is 0 Å². The van der Waals surface area contributed by atoms with Gasteiger partial charge < -0.3 is 5.32 Å². The molecule has 0 saturated heterocycles. The molecule has 1 aromatic heterocycles. The van der Waals surface area contributed by atoms with Gasteiger partial charge in [0.1, 0.15) is 0 Å². The van der Waals surface area contributed by atoms with Crippen LogP contribution in [0.2, 0.25) is 0 Å². The lowest BCUT2D eigenvalue weighted by atomic mass is 10.1. The molecule has 0 bridgehead atoms. The molecule has 0 radical (unpaired) electrons. The number of rotatable bonds is 6. The highest BCUT2D eigenvalue weighted by Gasteiger charge is 2.19. The summed E-state index contributed by atoms with van der Waals surface area (Å²) in [6.07, 6.45) is 3.32. The quantitative estimate of drug-likeness (QED) is 0.497. The van der Waals surface area contributed by atoms with Crippen LogP contribution in [0.25, 0.3) is 10.8 Å². The van der Waals surface area contributed by atoms with E-state index in [1.165, 1.54) is 0 Å². The first-order valence-corrected chi connectivity index (χ1v) is 10.8. The van der Waals surface area contributed by atoms with E-state index in [0.29, 0.717) is 6.54 Å². The molecule has 4 rings (SSSR count). The number of carbonyl (C=O) groups is 1. The summed E-state index contributed by atoms with van der Waals surface area (Å²) in [7, 11) is -3.87. The Kier molecular flexibility index (Phi) is 5.45. The summed E-state index contributed by atoms with van der Waals surface area (Å²) in [6, 6.07) is 22.6. The number of pyridine rings is 1. The van der Waals surface area contributed by atoms with Crippen LogP contribution in [-0.4, -0.2) is 19.3 Å². The van der Waals surface area contributed by atoms with Crippen LogP contribution in [0.15, 0.2) is 96.2 Å². The van der Waals surface area contributed by atoms with Crippen LogP contribution in [0.4, 0.5) is 5.69 Å². The van der Waals surface area contributed by atoms with E-state index in [4.69, 9.17) is 0 Å². The summed E-state index contributed by atoms with van der Waals surface area (Å²) in [5.41, 5.74) is 1.31. The topological polar surface area (TPSA) is 88.2 Å². The van der Waals surface area contributed by atoms with Gasteiger partial charge in [0.25, 0.3) is 15.9 Å². The Hall–Kier alpha value is -3.71. The minimum atomic E-state index is -3.87. The van der Waals surface area contributed by atoms with Gasteiger partial charge in [-0.3, -0.25) is 14.5 Å². The zero-order chi connectivity index (χ0) is 21.0. The maximum absolute atomic E-state index is 12.9. The number of carbonyl (C=O) groups excluding carboxylic acids is 1. The van der Waals surface area contributed by atoms with Gasteiger partial charge in [0.05, 0.1) is 16.1 Å². The predicted molar refractivity (Wildman–Crippen MR) is 117 cm³/mol. The van der Waals surface area contributed by atoms with Crippen LogP contribution in [0.5, 0.6) is 0 Å². The molecule has 150 valence electrons. The summed E-state index contributed by atoms with van der Waals surface area (Å²) < 4.78 is 28.4. The fraction of sp³-hybridized carbons (Fsp3) is 0.0435. The van der Waals surface area contributed by atoms with Gasteiger partial charge in [0.15, 0.2) is 0 Å². The van der Waals surface area contributed by atoms with Crippen LogP contribution in [0.3, 0.4) is 0 Å². The number of nitrogens with one attached hydrogen (secondary N) is 2. The molecule has 0 aliphatic heterocycles. The lowest BCUT2D eigenvalue weighted by Crippen LogP contribution is -2.25. The SMILES string of the molecule is O=C(NCc1cccnc1)c1ccccc1NS(=O)(=O)c1ccc2ccccc2c1. The second-order valence-corrected chi connectivity index (χ2v) is 8.39. The molecular weight excluding hydrogens is 398 g/mol. The first kappa shape index (κ1) is 19.6. The number of sulfonamides is 1. The maximum atomic E-state index is 12.9. The number of para-hydroxylation sites is 1. The normalized spacial score (nSPS) is 11.2. The molecule has 0 aliphatic rings. The molecule has 3 aromatic carbocycles. The Balaban J connectivity index is 1.57. The fourth-order valence-corrected chi connectivity index (χ4v) is 4.20. The minimum absolute atomic E-state index is 0.131. The van der Waals surface area contributed by atoms with Crippen molar-refractivity contribution < 1.29 is 13.2 Å². The zero-order valence-electron chi connectivity index (χ0n) is 15.9. The first-order chi connectivity index (χ1) is 14.5. The highest BCUT2D eigenvalue weighted by Crippen LogP contribution is 2.23. The Morgan fingerprint density at radius 2 is 1.63 bits per heavy atom. The molecular formula is C23H19N3O3S. The predicted octanol–water partition coefficient (Wildman–Crippen LogP) is 3.97. The number of hydrogen-bond donors (Lipinski definition) is 2. The lowest BCUT2D eigenvalue weighted by Gasteiger charge is -2.13. The van der Waals surface area contributed by atoms with Gasteiger partial charge in [-0.05, 0) is 46.7 Å². The Morgan fingerprint density at radius 3 is 2.43 bits per heavy atom. The van der Waals surface area contributed by atoms with Crippen LogP contribution in [0.1, 0.15) is 15.9 Å². The Morgan fingerprint density at radius 1 is 0.867 bits per heavy atom. The molecule has 1 heterocycles. The fourth-order valence-electron chi connectivity index (χ4n) is 3.09. The van der Waals surface area contributed by atoms with E-state index in [0.717, 1.165) is 16.3 Å². The van der Waals surface area contributed by atoms with E-state index in [1.807, 2.05) is 30.3 Å². The van der Waals surface area contributed by atoms with Crippen LogP contribution < -0.4 is 10.0 Å². The van der Waals surface area contributed by atoms with E-state index < -0.39 is 10.0 Å². The smallest absolute Gasteiger partial charge is 0.261 e. The number of benzene rings is 3. The first-order valence-electron chi connectivity index (χ1n) is 9.31. The second kappa shape index (κ2) is 8.34. The summed E-state index contributed by atoms with van der Waals surface area (Å²) in [5, 5.41) is 4.56. The van der Waals surface area contributed by atoms with E-state index in [9.17, 15) is 13.2 Å². The van der Waals surface area contributed by atoms with E-state index >= 15 is 0 Å². The summed E-state index contributed by atoms with van der Waals surface area (Å²) in [5.74, 6) is -0.379. The maximum Gasteiger partial charge on any atom is 0.261 e. The average Bonchev–Trinajstić information content (AvgIpc) is 2.78. The minimum Gasteiger partial charge on any atom is -0.348 e. The lowest BCUT2D eigenvalue weighted by molar-refractivity contribution is 0.0952. The molecule has 2 N–H and O–H groups in total. The van der Waals surface area contributed by atoms with Gasteiger partial charge in [0.2, 0.25) is 0 Å². The number of amides is 1. The average molecular weight is 417 g/mol. The number of aromatic nitrogens is 1. The molecule has 0 aliphatic carbocycles. The van der Waals surface area contributed by atoms with Crippen molar-refractivity contribution in [2.24, 2.45) is 0 Å². The van der Waals surface area contributed by atoms with E-state index in [2.05, 4.69) is 15.0 Å². The van der Waals surface area contributed by atoms with Crippen molar-refractivity contribution in [2.45, 2.75) is 11.4 Å². The van der Waals surface area contributed by atoms with Gasteiger partial charge in [-0.2, -0.15) is 0 Å². The van der Waals surface area contributed by atoms with Crippen molar-refractivity contribution in [2.75, 3.05) is 4.72 Å². The van der Waals surface area contributed by atoms with Crippen LogP contribution >= 0.6 is 0 Å². The van der Waals surface area contributed by atoms with Crippen molar-refractivity contribution in [1.29, 1.82) is 0 Å². The highest BCUT2D eigenvalue weighted by atomic mass is 32.2. The van der Waals surface area contributed by atoms with Gasteiger partial charge in [-0.15, -0.1) is 0 Å². The third-order valence-electron chi connectivity index (χ3n) is 4.62. The number of fused-ring (bicyclic) bond motifs is 1. The van der Waals surface area contributed by atoms with Gasteiger partial charge in [-0.1, -0.05) is 48.5 Å². The van der Waals surface area contributed by atoms with Crippen molar-refractivity contribution >= 4 is 32.4 Å². The molecule has 0 unspecified atom stereocenters. The summed E-state index contributed by atoms with van der Waals surface area (Å²) in [4.78, 5) is 16.8. The van der Waals surface area contributed by atoms with Gasteiger partial charge in [-0.25, -0.2) is 8.42 Å². The van der Waals surface area contributed by atoms with Gasteiger partial charge in [0, 0.05) is 18.9 Å².